The lowest BCUT2D eigenvalue weighted by atomic mass is 9.96. The summed E-state index contributed by atoms with van der Waals surface area (Å²) in [7, 11) is 0. The Morgan fingerprint density at radius 1 is 1.16 bits per heavy atom. The van der Waals surface area contributed by atoms with Crippen molar-refractivity contribution < 1.29 is 22.4 Å². The van der Waals surface area contributed by atoms with E-state index < -0.39 is 29.3 Å². The molecule has 1 saturated heterocycles. The molecule has 228 valence electrons. The molecule has 0 bridgehead atoms. The number of halogens is 4. The maximum Gasteiger partial charge on any atom is 0.417 e. The van der Waals surface area contributed by atoms with Crippen molar-refractivity contribution in [1.82, 2.24) is 19.5 Å². The largest absolute Gasteiger partial charge is 0.417 e. The molecule has 1 amide bonds. The van der Waals surface area contributed by atoms with E-state index in [1.165, 1.54) is 40.2 Å². The number of carbonyl (C=O) groups excluding carboxylic acids is 1. The van der Waals surface area contributed by atoms with Crippen molar-refractivity contribution in [2.45, 2.75) is 49.6 Å². The highest BCUT2D eigenvalue weighted by atomic mass is 32.2. The summed E-state index contributed by atoms with van der Waals surface area (Å²) >= 11 is 1.13. The highest BCUT2D eigenvalue weighted by molar-refractivity contribution is 7.99. The van der Waals surface area contributed by atoms with Crippen molar-refractivity contribution >= 4 is 34.4 Å². The number of hydrogen-bond donors (Lipinski definition) is 2. The third kappa shape index (κ3) is 5.56. The average Bonchev–Trinajstić information content (AvgIpc) is 3.15. The van der Waals surface area contributed by atoms with Gasteiger partial charge in [0.05, 0.1) is 23.7 Å². The smallest absolute Gasteiger partial charge is 0.403 e. The van der Waals surface area contributed by atoms with Gasteiger partial charge >= 0.3 is 11.9 Å². The van der Waals surface area contributed by atoms with Gasteiger partial charge < -0.3 is 20.5 Å². The molecule has 2 aliphatic heterocycles. The Balaban J connectivity index is 1.81. The normalized spacial score (nSPS) is 20.9. The molecule has 1 aromatic heterocycles. The number of aromatic nitrogens is 2. The second kappa shape index (κ2) is 11.6. The molecule has 0 saturated carbocycles. The molecular weight excluding hydrogens is 586 g/mol. The van der Waals surface area contributed by atoms with Gasteiger partial charge in [-0.2, -0.15) is 18.2 Å². The third-order valence-electron chi connectivity index (χ3n) is 7.78. The van der Waals surface area contributed by atoms with Crippen LogP contribution in [0.25, 0.3) is 22.0 Å². The number of rotatable bonds is 5. The highest BCUT2D eigenvalue weighted by Gasteiger charge is 2.40. The van der Waals surface area contributed by atoms with Gasteiger partial charge in [0.1, 0.15) is 11.6 Å². The molecule has 4 N–H and O–H groups in total. The number of piperazine rings is 1. The van der Waals surface area contributed by atoms with Crippen molar-refractivity contribution in [3.8, 4) is 11.1 Å². The van der Waals surface area contributed by atoms with E-state index in [0.29, 0.717) is 0 Å². The van der Waals surface area contributed by atoms with E-state index in [-0.39, 0.29) is 76.1 Å². The van der Waals surface area contributed by atoms with E-state index in [4.69, 9.17) is 11.6 Å². The van der Waals surface area contributed by atoms with Gasteiger partial charge in [-0.05, 0) is 43.7 Å². The maximum absolute atomic E-state index is 14.8. The van der Waals surface area contributed by atoms with Gasteiger partial charge in [0.2, 0.25) is 5.91 Å². The van der Waals surface area contributed by atoms with Gasteiger partial charge in [-0.1, -0.05) is 18.7 Å². The van der Waals surface area contributed by atoms with Crippen LogP contribution in [0.3, 0.4) is 0 Å². The Hall–Kier alpha value is -4.04. The van der Waals surface area contributed by atoms with E-state index in [0.717, 1.165) is 30.0 Å². The third-order valence-corrected chi connectivity index (χ3v) is 9.02. The molecule has 3 atom stereocenters. The lowest BCUT2D eigenvalue weighted by molar-refractivity contribution is -0.137. The molecule has 5 rings (SSSR count). The molecule has 0 radical (unpaired) electrons. The number of alkyl halides is 3. The zero-order valence-electron chi connectivity index (χ0n) is 23.5. The molecule has 1 fully saturated rings. The molecule has 43 heavy (non-hydrogen) atoms. The Morgan fingerprint density at radius 3 is 2.40 bits per heavy atom. The molecule has 2 aromatic carbocycles. The van der Waals surface area contributed by atoms with E-state index in [2.05, 4.69) is 11.6 Å². The van der Waals surface area contributed by atoms with Crippen LogP contribution in [-0.4, -0.2) is 62.3 Å². The summed E-state index contributed by atoms with van der Waals surface area (Å²) in [6.07, 6.45) is -0.926. The van der Waals surface area contributed by atoms with E-state index >= 15 is 0 Å². The fourth-order valence-corrected chi connectivity index (χ4v) is 7.32. The molecule has 3 heterocycles. The van der Waals surface area contributed by atoms with Gasteiger partial charge in [-0.3, -0.25) is 9.36 Å². The maximum atomic E-state index is 14.8. The van der Waals surface area contributed by atoms with E-state index in [9.17, 15) is 27.2 Å². The van der Waals surface area contributed by atoms with Crippen LogP contribution in [0.2, 0.25) is 0 Å². The van der Waals surface area contributed by atoms with Crippen LogP contribution in [0.5, 0.6) is 0 Å². The predicted molar refractivity (Wildman–Crippen MR) is 158 cm³/mol. The summed E-state index contributed by atoms with van der Waals surface area (Å²) in [5.74, 6) is 5.65. The molecule has 9 nitrogen and oxygen atoms in total. The standard InChI is InChI=1S/C29H31F4N7O2S/c1-4-23(41)40-16(2)12-37(13-17(40)3)27-21-11-22(29(31,32)33)24(18-5-7-19(30)8-6-18)26-25(21)38(28(42)36-27)14-20(15-43-26)39(35)10-9-34/h4-11,16-17,20H,1,12-15,34-35H2,2-3H3/b10-9-. The van der Waals surface area contributed by atoms with Crippen molar-refractivity contribution in [1.29, 1.82) is 0 Å². The van der Waals surface area contributed by atoms with Crippen LogP contribution in [0.1, 0.15) is 19.4 Å². The quantitative estimate of drug-likeness (QED) is 0.192. The number of amides is 1. The number of carbonyl (C=O) groups is 1. The number of hydrazine groups is 1. The van der Waals surface area contributed by atoms with Crippen molar-refractivity contribution in [3.63, 3.8) is 0 Å². The lowest BCUT2D eigenvalue weighted by Gasteiger charge is -2.44. The Bertz CT molecular complexity index is 1650. The van der Waals surface area contributed by atoms with Crippen LogP contribution in [-0.2, 0) is 17.5 Å². The zero-order chi connectivity index (χ0) is 31.2. The van der Waals surface area contributed by atoms with Gasteiger partial charge in [0, 0.05) is 59.2 Å². The number of benzene rings is 2. The molecule has 0 aliphatic carbocycles. The first-order valence-corrected chi connectivity index (χ1v) is 14.5. The summed E-state index contributed by atoms with van der Waals surface area (Å²) in [5.41, 5.74) is 4.21. The molecule has 14 heteroatoms. The SMILES string of the molecule is C=CC(=O)N1C(C)CN(c2nc(=O)n3c4c(c(-c5ccc(F)cc5)c(C(F)(F)F)cc24)SCC(N(N)/C=C\N)C3)CC1C. The summed E-state index contributed by atoms with van der Waals surface area (Å²) in [6, 6.07) is 4.61. The first kappa shape index (κ1) is 30.4. The van der Waals surface area contributed by atoms with Crippen LogP contribution in [0.15, 0.2) is 65.1 Å². The van der Waals surface area contributed by atoms with E-state index in [1.54, 1.807) is 9.80 Å². The minimum atomic E-state index is -4.79. The topological polar surface area (TPSA) is 114 Å². The number of hydrogen-bond acceptors (Lipinski definition) is 8. The fraction of sp³-hybridized carbons (Fsp3) is 0.345. The first-order valence-electron chi connectivity index (χ1n) is 13.5. The first-order chi connectivity index (χ1) is 20.3. The van der Waals surface area contributed by atoms with E-state index in [1.807, 2.05) is 13.8 Å². The molecule has 0 spiro atoms. The summed E-state index contributed by atoms with van der Waals surface area (Å²) in [6.45, 7) is 7.71. The predicted octanol–water partition coefficient (Wildman–Crippen LogP) is 3.91. The number of anilines is 1. The van der Waals surface area contributed by atoms with Gasteiger partial charge in [-0.25, -0.2) is 15.0 Å². The zero-order valence-corrected chi connectivity index (χ0v) is 24.3. The Labute approximate surface area is 249 Å². The lowest BCUT2D eigenvalue weighted by Crippen LogP contribution is -2.58. The summed E-state index contributed by atoms with van der Waals surface area (Å²) < 4.78 is 59.7. The molecule has 2 aliphatic rings. The summed E-state index contributed by atoms with van der Waals surface area (Å²) in [4.78, 5) is 34.2. The van der Waals surface area contributed by atoms with Crippen LogP contribution < -0.4 is 22.2 Å². The minimum Gasteiger partial charge on any atom is -0.403 e. The van der Waals surface area contributed by atoms with Gasteiger partial charge in [0.15, 0.2) is 0 Å². The molecule has 3 aromatic rings. The van der Waals surface area contributed by atoms with Crippen molar-refractivity contribution in [2.24, 2.45) is 11.6 Å². The van der Waals surface area contributed by atoms with Crippen LogP contribution in [0.4, 0.5) is 23.4 Å². The number of nitrogens with zero attached hydrogens (tertiary/aromatic N) is 5. The fourth-order valence-electron chi connectivity index (χ4n) is 5.95. The molecule has 3 unspecified atom stereocenters. The second-order valence-corrected chi connectivity index (χ2v) is 11.7. The van der Waals surface area contributed by atoms with Crippen molar-refractivity contribution in [3.05, 3.63) is 77.3 Å². The monoisotopic (exact) mass is 617 g/mol. The second-order valence-electron chi connectivity index (χ2n) is 10.7. The summed E-state index contributed by atoms with van der Waals surface area (Å²) in [5, 5.41) is 1.45. The van der Waals surface area contributed by atoms with Gasteiger partial charge in [-0.15, -0.1) is 11.8 Å². The average molecular weight is 618 g/mol. The highest BCUT2D eigenvalue weighted by Crippen LogP contribution is 2.48. The molecular formula is C29H31F4N7O2S. The van der Waals surface area contributed by atoms with Crippen LogP contribution >= 0.6 is 11.8 Å². The Kier molecular flexibility index (Phi) is 8.18. The Morgan fingerprint density at radius 2 is 1.81 bits per heavy atom. The number of thioether (sulfide) groups is 1. The minimum absolute atomic E-state index is 0.0338. The van der Waals surface area contributed by atoms with Crippen LogP contribution in [0, 0.1) is 5.82 Å². The van der Waals surface area contributed by atoms with Crippen molar-refractivity contribution in [2.75, 3.05) is 23.7 Å². The van der Waals surface area contributed by atoms with Gasteiger partial charge in [0.25, 0.3) is 0 Å². The number of nitrogens with two attached hydrogens (primary N) is 2.